The molecule has 1 aliphatic carbocycles. The van der Waals surface area contributed by atoms with Crippen molar-refractivity contribution in [1.29, 1.82) is 0 Å². The summed E-state index contributed by atoms with van der Waals surface area (Å²) in [6.45, 7) is 0.232. The Morgan fingerprint density at radius 2 is 1.93 bits per heavy atom. The summed E-state index contributed by atoms with van der Waals surface area (Å²) < 4.78 is 10.7. The smallest absolute Gasteiger partial charge is 0.317 e. The van der Waals surface area contributed by atoms with Crippen molar-refractivity contribution in [3.63, 3.8) is 0 Å². The molecular formula is C19H17Cl2NO5. The number of carbonyl (C=O) groups is 2. The van der Waals surface area contributed by atoms with Gasteiger partial charge in [0.25, 0.3) is 0 Å². The monoisotopic (exact) mass is 409 g/mol. The normalized spacial score (nSPS) is 20.7. The molecule has 0 bridgehead atoms. The number of esters is 1. The van der Waals surface area contributed by atoms with Crippen LogP contribution in [0.4, 0.5) is 0 Å². The molecule has 0 radical (unpaired) electrons. The molecule has 0 aromatic heterocycles. The maximum Gasteiger partial charge on any atom is 0.317 e. The minimum Gasteiger partial charge on any atom is -0.489 e. The molecule has 2 N–H and O–H groups in total. The van der Waals surface area contributed by atoms with E-state index in [0.29, 0.717) is 21.4 Å². The number of hydroxylamine groups is 1. The number of ether oxygens (including phenoxy) is 2. The van der Waals surface area contributed by atoms with Gasteiger partial charge in [-0.3, -0.25) is 14.8 Å². The number of carbonyl (C=O) groups excluding carboxylic acids is 2. The van der Waals surface area contributed by atoms with Crippen LogP contribution in [0.15, 0.2) is 42.5 Å². The van der Waals surface area contributed by atoms with Crippen LogP contribution in [0.25, 0.3) is 0 Å². The van der Waals surface area contributed by atoms with Gasteiger partial charge in [-0.05, 0) is 47.9 Å². The highest BCUT2D eigenvalue weighted by Crippen LogP contribution is 2.55. The van der Waals surface area contributed by atoms with E-state index in [4.69, 9.17) is 37.9 Å². The summed E-state index contributed by atoms with van der Waals surface area (Å²) in [5.74, 6) is -1.34. The van der Waals surface area contributed by atoms with Gasteiger partial charge in [0, 0.05) is 10.0 Å². The molecule has 1 amide bonds. The van der Waals surface area contributed by atoms with Crippen LogP contribution in [0.2, 0.25) is 10.0 Å². The van der Waals surface area contributed by atoms with Crippen LogP contribution in [0.1, 0.15) is 17.5 Å². The third-order valence-electron chi connectivity index (χ3n) is 4.61. The number of nitrogens with one attached hydrogen (secondary N) is 1. The predicted molar refractivity (Wildman–Crippen MR) is 99.0 cm³/mol. The second kappa shape index (κ2) is 7.76. The van der Waals surface area contributed by atoms with E-state index in [-0.39, 0.29) is 13.0 Å². The number of amides is 1. The third kappa shape index (κ3) is 3.88. The first-order chi connectivity index (χ1) is 12.9. The van der Waals surface area contributed by atoms with E-state index in [1.54, 1.807) is 47.9 Å². The van der Waals surface area contributed by atoms with Gasteiger partial charge in [-0.2, -0.15) is 0 Å². The van der Waals surface area contributed by atoms with Crippen LogP contribution in [0.3, 0.4) is 0 Å². The van der Waals surface area contributed by atoms with Crippen molar-refractivity contribution in [2.75, 3.05) is 7.11 Å². The lowest BCUT2D eigenvalue weighted by molar-refractivity contribution is -0.146. The minimum absolute atomic E-state index is 0.232. The molecule has 0 spiro atoms. The molecule has 0 heterocycles. The van der Waals surface area contributed by atoms with E-state index >= 15 is 0 Å². The van der Waals surface area contributed by atoms with Gasteiger partial charge in [-0.15, -0.1) is 0 Å². The van der Waals surface area contributed by atoms with Crippen LogP contribution in [-0.4, -0.2) is 24.2 Å². The van der Waals surface area contributed by atoms with Gasteiger partial charge in [0.05, 0.1) is 13.0 Å². The fraction of sp³-hybridized carbons (Fsp3) is 0.263. The van der Waals surface area contributed by atoms with Gasteiger partial charge in [-0.25, -0.2) is 5.48 Å². The summed E-state index contributed by atoms with van der Waals surface area (Å²) >= 11 is 12.0. The number of rotatable bonds is 6. The third-order valence-corrected chi connectivity index (χ3v) is 5.05. The molecule has 27 heavy (non-hydrogen) atoms. The largest absolute Gasteiger partial charge is 0.489 e. The van der Waals surface area contributed by atoms with E-state index in [1.807, 2.05) is 0 Å². The Kier molecular flexibility index (Phi) is 5.60. The first kappa shape index (κ1) is 19.5. The maximum absolute atomic E-state index is 12.3. The highest BCUT2D eigenvalue weighted by molar-refractivity contribution is 6.34. The van der Waals surface area contributed by atoms with Crippen molar-refractivity contribution in [3.8, 4) is 5.75 Å². The molecule has 1 aliphatic rings. The van der Waals surface area contributed by atoms with E-state index in [2.05, 4.69) is 0 Å². The number of hydrogen-bond acceptors (Lipinski definition) is 5. The summed E-state index contributed by atoms with van der Waals surface area (Å²) in [6.07, 6.45) is 0.249. The Bertz CT molecular complexity index is 868. The fourth-order valence-electron chi connectivity index (χ4n) is 3.23. The molecule has 0 saturated heterocycles. The zero-order chi connectivity index (χ0) is 19.6. The van der Waals surface area contributed by atoms with Gasteiger partial charge in [0.1, 0.15) is 17.8 Å². The fourth-order valence-corrected chi connectivity index (χ4v) is 3.80. The zero-order valence-electron chi connectivity index (χ0n) is 14.4. The second-order valence-electron chi connectivity index (χ2n) is 6.29. The average Bonchev–Trinajstić information content (AvgIpc) is 3.41. The van der Waals surface area contributed by atoms with Gasteiger partial charge in [0.15, 0.2) is 0 Å². The van der Waals surface area contributed by atoms with Crippen molar-refractivity contribution in [2.45, 2.75) is 18.4 Å². The van der Waals surface area contributed by atoms with Crippen molar-refractivity contribution in [3.05, 3.63) is 63.6 Å². The lowest BCUT2D eigenvalue weighted by Crippen LogP contribution is -2.31. The zero-order valence-corrected chi connectivity index (χ0v) is 15.9. The van der Waals surface area contributed by atoms with Gasteiger partial charge in [-0.1, -0.05) is 35.3 Å². The first-order valence-corrected chi connectivity index (χ1v) is 8.87. The van der Waals surface area contributed by atoms with Gasteiger partial charge < -0.3 is 9.47 Å². The van der Waals surface area contributed by atoms with Crippen molar-refractivity contribution in [1.82, 2.24) is 5.48 Å². The molecule has 1 saturated carbocycles. The molecule has 0 unspecified atom stereocenters. The average molecular weight is 410 g/mol. The molecule has 3 rings (SSSR count). The Labute approximate surface area is 165 Å². The minimum atomic E-state index is -1.12. The van der Waals surface area contributed by atoms with Crippen LogP contribution in [-0.2, 0) is 26.3 Å². The Balaban J connectivity index is 1.82. The number of methoxy groups -OCH3 is 1. The SMILES string of the molecule is COC(=O)[C@]1(c2cccc(OCc3cc(Cl)cc(Cl)c3)c2)C[C@@H]1C(=O)NO. The molecule has 8 heteroatoms. The standard InChI is InChI=1S/C19H17Cl2NO5/c1-26-18(24)19(9-16(19)17(23)22-25)12-3-2-4-15(7-12)27-10-11-5-13(20)8-14(21)6-11/h2-8,16,25H,9-10H2,1H3,(H,22,23)/t16-,19+/m1/s1. The Morgan fingerprint density at radius 1 is 1.22 bits per heavy atom. The number of hydrogen-bond donors (Lipinski definition) is 2. The van der Waals surface area contributed by atoms with E-state index in [9.17, 15) is 9.59 Å². The molecule has 2 aromatic rings. The summed E-state index contributed by atoms with van der Waals surface area (Å²) in [7, 11) is 1.26. The summed E-state index contributed by atoms with van der Waals surface area (Å²) in [5, 5.41) is 9.91. The van der Waals surface area contributed by atoms with Crippen molar-refractivity contribution >= 4 is 35.1 Å². The molecule has 2 aromatic carbocycles. The van der Waals surface area contributed by atoms with Crippen LogP contribution in [0.5, 0.6) is 5.75 Å². The van der Waals surface area contributed by atoms with Crippen molar-refractivity contribution in [2.24, 2.45) is 5.92 Å². The quantitative estimate of drug-likeness (QED) is 0.433. The molecular weight excluding hydrogens is 393 g/mol. The summed E-state index contributed by atoms with van der Waals surface area (Å²) in [5.41, 5.74) is 1.86. The number of halogens is 2. The van der Waals surface area contributed by atoms with Crippen LogP contribution in [0, 0.1) is 5.92 Å². The molecule has 2 atom stereocenters. The second-order valence-corrected chi connectivity index (χ2v) is 7.16. The molecule has 6 nitrogen and oxygen atoms in total. The lowest BCUT2D eigenvalue weighted by atomic mass is 9.92. The van der Waals surface area contributed by atoms with E-state index in [1.165, 1.54) is 7.11 Å². The highest BCUT2D eigenvalue weighted by Gasteiger charge is 2.65. The van der Waals surface area contributed by atoms with Crippen LogP contribution >= 0.6 is 23.2 Å². The molecule has 0 aliphatic heterocycles. The summed E-state index contributed by atoms with van der Waals surface area (Å²) in [6, 6.07) is 12.0. The van der Waals surface area contributed by atoms with E-state index < -0.39 is 23.2 Å². The predicted octanol–water partition coefficient (Wildman–Crippen LogP) is 3.51. The maximum atomic E-state index is 12.3. The highest BCUT2D eigenvalue weighted by atomic mass is 35.5. The van der Waals surface area contributed by atoms with Gasteiger partial charge in [0.2, 0.25) is 5.91 Å². The molecule has 1 fully saturated rings. The van der Waals surface area contributed by atoms with Crippen LogP contribution < -0.4 is 10.2 Å². The summed E-state index contributed by atoms with van der Waals surface area (Å²) in [4.78, 5) is 24.2. The molecule has 142 valence electrons. The van der Waals surface area contributed by atoms with Crippen molar-refractivity contribution < 1.29 is 24.3 Å². The Morgan fingerprint density at radius 3 is 2.56 bits per heavy atom. The topological polar surface area (TPSA) is 84.9 Å². The first-order valence-electron chi connectivity index (χ1n) is 8.11. The lowest BCUT2D eigenvalue weighted by Gasteiger charge is -2.16. The van der Waals surface area contributed by atoms with E-state index in [0.717, 1.165) is 5.56 Å². The number of benzene rings is 2. The van der Waals surface area contributed by atoms with Gasteiger partial charge >= 0.3 is 5.97 Å². The Hall–Kier alpha value is -2.28.